The fraction of sp³-hybridized carbons (Fsp3) is 0.789. The standard InChI is InChI=1S/C19H30N4O2/c24-18-19(25,7-1-9-22(18)13-16-3-4-16)15-21-11-5-17(6-12-21)14-23-10-2-8-20-23/h2,8,10,16-17,25H,1,3-7,9,11-15H2/t19-/m0/s1. The molecule has 1 amide bonds. The Morgan fingerprint density at radius 1 is 1.12 bits per heavy atom. The Labute approximate surface area is 149 Å². The van der Waals surface area contributed by atoms with E-state index >= 15 is 0 Å². The predicted molar refractivity (Wildman–Crippen MR) is 94.9 cm³/mol. The van der Waals surface area contributed by atoms with E-state index in [1.54, 1.807) is 0 Å². The van der Waals surface area contributed by atoms with E-state index in [1.165, 1.54) is 12.8 Å². The molecule has 3 heterocycles. The summed E-state index contributed by atoms with van der Waals surface area (Å²) in [6, 6.07) is 1.97. The number of hydrogen-bond acceptors (Lipinski definition) is 4. The van der Waals surface area contributed by atoms with Crippen LogP contribution in [0.2, 0.25) is 0 Å². The molecule has 1 N–H and O–H groups in total. The van der Waals surface area contributed by atoms with Crippen LogP contribution in [-0.4, -0.2) is 68.9 Å². The lowest BCUT2D eigenvalue weighted by atomic mass is 9.89. The average molecular weight is 346 g/mol. The van der Waals surface area contributed by atoms with Gasteiger partial charge in [0.2, 0.25) is 0 Å². The molecular weight excluding hydrogens is 316 g/mol. The van der Waals surface area contributed by atoms with Gasteiger partial charge in [-0.05, 0) is 69.5 Å². The number of carbonyl (C=O) groups is 1. The van der Waals surface area contributed by atoms with Crippen molar-refractivity contribution >= 4 is 5.91 Å². The summed E-state index contributed by atoms with van der Waals surface area (Å²) in [5.41, 5.74) is -1.16. The molecule has 138 valence electrons. The minimum Gasteiger partial charge on any atom is -0.379 e. The summed E-state index contributed by atoms with van der Waals surface area (Å²) in [6.45, 7) is 5.08. The number of hydrogen-bond donors (Lipinski definition) is 1. The van der Waals surface area contributed by atoms with Crippen molar-refractivity contribution in [1.29, 1.82) is 0 Å². The predicted octanol–water partition coefficient (Wildman–Crippen LogP) is 1.36. The van der Waals surface area contributed by atoms with Crippen LogP contribution in [0.4, 0.5) is 0 Å². The molecule has 1 saturated carbocycles. The summed E-state index contributed by atoms with van der Waals surface area (Å²) >= 11 is 0. The fourth-order valence-corrected chi connectivity index (χ4v) is 4.37. The molecule has 2 saturated heterocycles. The number of aliphatic hydroxyl groups is 1. The lowest BCUT2D eigenvalue weighted by Gasteiger charge is -2.42. The zero-order valence-corrected chi connectivity index (χ0v) is 15.0. The molecule has 6 nitrogen and oxygen atoms in total. The van der Waals surface area contributed by atoms with Crippen LogP contribution >= 0.6 is 0 Å². The van der Waals surface area contributed by atoms with Crippen molar-refractivity contribution in [1.82, 2.24) is 19.6 Å². The number of amides is 1. The third kappa shape index (κ3) is 4.06. The lowest BCUT2D eigenvalue weighted by Crippen LogP contribution is -2.59. The highest BCUT2D eigenvalue weighted by Crippen LogP contribution is 2.33. The normalized spacial score (nSPS) is 29.3. The molecule has 0 unspecified atom stereocenters. The molecule has 0 aromatic carbocycles. The quantitative estimate of drug-likeness (QED) is 0.845. The zero-order valence-electron chi connectivity index (χ0n) is 15.0. The fourth-order valence-electron chi connectivity index (χ4n) is 4.37. The first-order valence-corrected chi connectivity index (χ1v) is 9.84. The van der Waals surface area contributed by atoms with Crippen molar-refractivity contribution in [3.05, 3.63) is 18.5 Å². The summed E-state index contributed by atoms with van der Waals surface area (Å²) in [6.07, 6.45) is 10.1. The van der Waals surface area contributed by atoms with Gasteiger partial charge >= 0.3 is 0 Å². The second kappa shape index (κ2) is 7.08. The Morgan fingerprint density at radius 2 is 1.88 bits per heavy atom. The summed E-state index contributed by atoms with van der Waals surface area (Å²) < 4.78 is 2.01. The molecule has 4 rings (SSSR count). The van der Waals surface area contributed by atoms with E-state index in [-0.39, 0.29) is 5.91 Å². The van der Waals surface area contributed by atoms with Gasteiger partial charge in [0.25, 0.3) is 5.91 Å². The molecular formula is C19H30N4O2. The number of carbonyl (C=O) groups excluding carboxylic acids is 1. The van der Waals surface area contributed by atoms with E-state index in [1.807, 2.05) is 28.0 Å². The van der Waals surface area contributed by atoms with Gasteiger partial charge < -0.3 is 10.0 Å². The molecule has 1 aromatic rings. The molecule has 25 heavy (non-hydrogen) atoms. The van der Waals surface area contributed by atoms with Gasteiger partial charge in [0.05, 0.1) is 0 Å². The maximum absolute atomic E-state index is 12.8. The molecule has 0 bridgehead atoms. The van der Waals surface area contributed by atoms with Gasteiger partial charge in [-0.3, -0.25) is 14.4 Å². The first-order valence-electron chi connectivity index (χ1n) is 9.84. The van der Waals surface area contributed by atoms with Crippen LogP contribution in [0.1, 0.15) is 38.5 Å². The molecule has 6 heteroatoms. The number of rotatable bonds is 6. The maximum atomic E-state index is 12.8. The molecule has 1 aliphatic carbocycles. The van der Waals surface area contributed by atoms with Gasteiger partial charge in [0.1, 0.15) is 0 Å². The van der Waals surface area contributed by atoms with E-state index in [4.69, 9.17) is 0 Å². The number of nitrogens with zero attached hydrogens (tertiary/aromatic N) is 4. The lowest BCUT2D eigenvalue weighted by molar-refractivity contribution is -0.160. The summed E-state index contributed by atoms with van der Waals surface area (Å²) in [5, 5.41) is 15.3. The topological polar surface area (TPSA) is 61.6 Å². The average Bonchev–Trinajstić information content (AvgIpc) is 3.27. The Bertz CT molecular complexity index is 578. The van der Waals surface area contributed by atoms with Crippen molar-refractivity contribution in [2.75, 3.05) is 32.7 Å². The van der Waals surface area contributed by atoms with Crippen LogP contribution in [0, 0.1) is 11.8 Å². The van der Waals surface area contributed by atoms with Gasteiger partial charge in [0, 0.05) is 38.6 Å². The Hall–Kier alpha value is -1.40. The van der Waals surface area contributed by atoms with Gasteiger partial charge in [-0.15, -0.1) is 0 Å². The summed E-state index contributed by atoms with van der Waals surface area (Å²) in [5.74, 6) is 1.30. The maximum Gasteiger partial charge on any atom is 0.255 e. The van der Waals surface area contributed by atoms with Crippen LogP contribution < -0.4 is 0 Å². The third-order valence-electron chi connectivity index (χ3n) is 6.08. The van der Waals surface area contributed by atoms with Gasteiger partial charge in [-0.2, -0.15) is 5.10 Å². The summed E-state index contributed by atoms with van der Waals surface area (Å²) in [7, 11) is 0. The van der Waals surface area contributed by atoms with Gasteiger partial charge in [0.15, 0.2) is 5.60 Å². The Kier molecular flexibility index (Phi) is 4.82. The monoisotopic (exact) mass is 346 g/mol. The van der Waals surface area contributed by atoms with Crippen molar-refractivity contribution in [2.45, 2.75) is 50.7 Å². The smallest absolute Gasteiger partial charge is 0.255 e. The highest BCUT2D eigenvalue weighted by Gasteiger charge is 2.44. The van der Waals surface area contributed by atoms with Crippen LogP contribution in [0.3, 0.4) is 0 Å². The number of likely N-dealkylation sites (tertiary alicyclic amines) is 2. The number of piperidine rings is 2. The van der Waals surface area contributed by atoms with E-state index < -0.39 is 5.60 Å². The largest absolute Gasteiger partial charge is 0.379 e. The Morgan fingerprint density at radius 3 is 2.56 bits per heavy atom. The first-order chi connectivity index (χ1) is 12.1. The highest BCUT2D eigenvalue weighted by molar-refractivity contribution is 5.86. The van der Waals surface area contributed by atoms with Crippen molar-refractivity contribution in [2.24, 2.45) is 11.8 Å². The minimum atomic E-state index is -1.16. The summed E-state index contributed by atoms with van der Waals surface area (Å²) in [4.78, 5) is 17.0. The number of β-amino-alcohol motifs (C(OH)–C–C–N with tert-alkyl or cyclic N) is 1. The van der Waals surface area contributed by atoms with Crippen molar-refractivity contribution in [3.63, 3.8) is 0 Å². The van der Waals surface area contributed by atoms with E-state index in [0.29, 0.717) is 24.8 Å². The Balaban J connectivity index is 1.28. The molecule has 1 atom stereocenters. The minimum absolute atomic E-state index is 0.0238. The molecule has 1 aromatic heterocycles. The van der Waals surface area contributed by atoms with E-state index in [2.05, 4.69) is 10.00 Å². The van der Waals surface area contributed by atoms with Crippen LogP contribution in [-0.2, 0) is 11.3 Å². The van der Waals surface area contributed by atoms with E-state index in [0.717, 1.165) is 52.0 Å². The first kappa shape index (κ1) is 17.0. The second-order valence-electron chi connectivity index (χ2n) is 8.28. The van der Waals surface area contributed by atoms with Crippen LogP contribution in [0.25, 0.3) is 0 Å². The zero-order chi connectivity index (χ0) is 17.3. The molecule has 3 aliphatic rings. The highest BCUT2D eigenvalue weighted by atomic mass is 16.3. The van der Waals surface area contributed by atoms with Crippen LogP contribution in [0.15, 0.2) is 18.5 Å². The number of aromatic nitrogens is 2. The molecule has 2 aliphatic heterocycles. The second-order valence-corrected chi connectivity index (χ2v) is 8.28. The third-order valence-corrected chi connectivity index (χ3v) is 6.08. The van der Waals surface area contributed by atoms with Gasteiger partial charge in [-0.25, -0.2) is 0 Å². The SMILES string of the molecule is O=C1N(CC2CC2)CCC[C@]1(O)CN1CCC(Cn2cccn2)CC1. The molecule has 0 radical (unpaired) electrons. The van der Waals surface area contributed by atoms with E-state index in [9.17, 15) is 9.90 Å². The van der Waals surface area contributed by atoms with Crippen molar-refractivity contribution in [3.8, 4) is 0 Å². The molecule has 0 spiro atoms. The van der Waals surface area contributed by atoms with Crippen LogP contribution in [0.5, 0.6) is 0 Å². The van der Waals surface area contributed by atoms with Crippen molar-refractivity contribution < 1.29 is 9.90 Å². The van der Waals surface area contributed by atoms with Gasteiger partial charge in [-0.1, -0.05) is 0 Å². The molecule has 3 fully saturated rings.